The Hall–Kier alpha value is -1.36. The Morgan fingerprint density at radius 1 is 1.30 bits per heavy atom. The summed E-state index contributed by atoms with van der Waals surface area (Å²) in [5.41, 5.74) is 0.682. The van der Waals surface area contributed by atoms with Gasteiger partial charge in [-0.15, -0.1) is 0 Å². The maximum Gasteiger partial charge on any atom is 0.252 e. The number of likely N-dealkylation sites (tertiary alicyclic amines) is 1. The molecule has 2 aliphatic rings. The van der Waals surface area contributed by atoms with Crippen molar-refractivity contribution in [3.05, 3.63) is 22.4 Å². The molecule has 1 aliphatic heterocycles. The summed E-state index contributed by atoms with van der Waals surface area (Å²) in [6.45, 7) is 3.66. The van der Waals surface area contributed by atoms with Crippen LogP contribution in [0.15, 0.2) is 16.8 Å². The Kier molecular flexibility index (Phi) is 5.36. The van der Waals surface area contributed by atoms with E-state index in [-0.39, 0.29) is 11.8 Å². The lowest BCUT2D eigenvalue weighted by Gasteiger charge is -2.47. The monoisotopic (exact) mass is 334 g/mol. The number of rotatable bonds is 4. The number of piperidine rings is 1. The van der Waals surface area contributed by atoms with Gasteiger partial charge in [-0.25, -0.2) is 0 Å². The summed E-state index contributed by atoms with van der Waals surface area (Å²) in [7, 11) is 0. The molecule has 2 fully saturated rings. The van der Waals surface area contributed by atoms with E-state index in [0.717, 1.165) is 25.3 Å². The second-order valence-electron chi connectivity index (χ2n) is 6.89. The first kappa shape index (κ1) is 16.5. The number of amides is 2. The summed E-state index contributed by atoms with van der Waals surface area (Å²) < 4.78 is 0. The standard InChI is InChI=1S/C18H26N2O2S/c1-13-7-10-20(16-5-3-2-4-15(13)16)17(21)6-9-19-18(22)14-8-11-23-12-14/h8,11-13,15-16H,2-7,9-10H2,1H3,(H,19,22)/t13-,15-,16+/m0/s1. The van der Waals surface area contributed by atoms with E-state index in [1.165, 1.54) is 30.6 Å². The van der Waals surface area contributed by atoms with Crippen molar-refractivity contribution < 1.29 is 9.59 Å². The highest BCUT2D eigenvalue weighted by atomic mass is 32.1. The first-order valence-electron chi connectivity index (χ1n) is 8.76. The molecule has 126 valence electrons. The zero-order valence-electron chi connectivity index (χ0n) is 13.8. The number of fused-ring (bicyclic) bond motifs is 1. The Bertz CT molecular complexity index is 543. The van der Waals surface area contributed by atoms with Gasteiger partial charge >= 0.3 is 0 Å². The van der Waals surface area contributed by atoms with Gasteiger partial charge in [-0.3, -0.25) is 9.59 Å². The summed E-state index contributed by atoms with van der Waals surface area (Å²) in [6.07, 6.45) is 6.50. The van der Waals surface area contributed by atoms with Crippen LogP contribution in [0.5, 0.6) is 0 Å². The molecule has 3 rings (SSSR count). The Balaban J connectivity index is 1.50. The first-order valence-corrected chi connectivity index (χ1v) is 9.71. The van der Waals surface area contributed by atoms with Crippen LogP contribution >= 0.6 is 11.3 Å². The van der Waals surface area contributed by atoms with Gasteiger partial charge in [0.15, 0.2) is 0 Å². The van der Waals surface area contributed by atoms with Crippen molar-refractivity contribution in [2.45, 2.75) is 51.5 Å². The van der Waals surface area contributed by atoms with E-state index in [1.807, 2.05) is 10.8 Å². The molecule has 1 saturated carbocycles. The van der Waals surface area contributed by atoms with Gasteiger partial charge in [-0.1, -0.05) is 19.8 Å². The van der Waals surface area contributed by atoms with E-state index in [0.29, 0.717) is 30.5 Å². The molecule has 0 radical (unpaired) electrons. The number of carbonyl (C=O) groups excluding carboxylic acids is 2. The largest absolute Gasteiger partial charge is 0.351 e. The van der Waals surface area contributed by atoms with Crippen LogP contribution < -0.4 is 5.32 Å². The third kappa shape index (κ3) is 3.77. The highest BCUT2D eigenvalue weighted by Gasteiger charge is 2.38. The van der Waals surface area contributed by atoms with Crippen LogP contribution in [-0.2, 0) is 4.79 Å². The smallest absolute Gasteiger partial charge is 0.252 e. The van der Waals surface area contributed by atoms with Crippen molar-refractivity contribution in [3.8, 4) is 0 Å². The Morgan fingerprint density at radius 2 is 2.13 bits per heavy atom. The van der Waals surface area contributed by atoms with Crippen LogP contribution in [0.1, 0.15) is 55.8 Å². The molecule has 1 aromatic rings. The fourth-order valence-electron chi connectivity index (χ4n) is 4.15. The van der Waals surface area contributed by atoms with Gasteiger partial charge < -0.3 is 10.2 Å². The second kappa shape index (κ2) is 7.47. The summed E-state index contributed by atoms with van der Waals surface area (Å²) in [5.74, 6) is 1.55. The quantitative estimate of drug-likeness (QED) is 0.918. The van der Waals surface area contributed by atoms with Crippen molar-refractivity contribution in [1.29, 1.82) is 0 Å². The Labute approximate surface area is 142 Å². The van der Waals surface area contributed by atoms with Crippen LogP contribution in [0.4, 0.5) is 0 Å². The lowest BCUT2D eigenvalue weighted by atomic mass is 9.72. The number of hydrogen-bond donors (Lipinski definition) is 1. The zero-order valence-corrected chi connectivity index (χ0v) is 14.6. The van der Waals surface area contributed by atoms with E-state index in [4.69, 9.17) is 0 Å². The fraction of sp³-hybridized carbons (Fsp3) is 0.667. The molecule has 0 unspecified atom stereocenters. The maximum atomic E-state index is 12.6. The topological polar surface area (TPSA) is 49.4 Å². The minimum Gasteiger partial charge on any atom is -0.351 e. The fourth-order valence-corrected chi connectivity index (χ4v) is 4.78. The third-order valence-electron chi connectivity index (χ3n) is 5.47. The second-order valence-corrected chi connectivity index (χ2v) is 7.67. The minimum atomic E-state index is -0.0816. The number of nitrogens with one attached hydrogen (secondary N) is 1. The molecule has 23 heavy (non-hydrogen) atoms. The van der Waals surface area contributed by atoms with Crippen molar-refractivity contribution >= 4 is 23.2 Å². The van der Waals surface area contributed by atoms with E-state index >= 15 is 0 Å². The molecular formula is C18H26N2O2S. The van der Waals surface area contributed by atoms with Gasteiger partial charge in [0.25, 0.3) is 5.91 Å². The van der Waals surface area contributed by atoms with Crippen LogP contribution in [0.25, 0.3) is 0 Å². The van der Waals surface area contributed by atoms with Gasteiger partial charge in [-0.2, -0.15) is 11.3 Å². The van der Waals surface area contributed by atoms with Crippen molar-refractivity contribution in [2.24, 2.45) is 11.8 Å². The SMILES string of the molecule is C[C@H]1CCN(C(=O)CCNC(=O)c2ccsc2)[C@@H]2CCCC[C@H]21. The molecule has 1 N–H and O–H groups in total. The summed E-state index contributed by atoms with van der Waals surface area (Å²) in [5, 5.41) is 6.57. The average molecular weight is 334 g/mol. The van der Waals surface area contributed by atoms with Crippen molar-refractivity contribution in [2.75, 3.05) is 13.1 Å². The predicted molar refractivity (Wildman–Crippen MR) is 92.5 cm³/mol. The van der Waals surface area contributed by atoms with E-state index in [9.17, 15) is 9.59 Å². The first-order chi connectivity index (χ1) is 11.2. The maximum absolute atomic E-state index is 12.6. The molecule has 1 aromatic heterocycles. The molecular weight excluding hydrogens is 308 g/mol. The predicted octanol–water partition coefficient (Wildman–Crippen LogP) is 3.30. The van der Waals surface area contributed by atoms with Crippen molar-refractivity contribution in [1.82, 2.24) is 10.2 Å². The lowest BCUT2D eigenvalue weighted by molar-refractivity contribution is -0.138. The number of nitrogens with zero attached hydrogens (tertiary/aromatic N) is 1. The van der Waals surface area contributed by atoms with Crippen molar-refractivity contribution in [3.63, 3.8) is 0 Å². The highest BCUT2D eigenvalue weighted by molar-refractivity contribution is 7.08. The van der Waals surface area contributed by atoms with E-state index in [2.05, 4.69) is 17.1 Å². The molecule has 1 aliphatic carbocycles. The van der Waals surface area contributed by atoms with Crippen LogP contribution in [-0.4, -0.2) is 35.8 Å². The highest BCUT2D eigenvalue weighted by Crippen LogP contribution is 2.38. The molecule has 0 bridgehead atoms. The molecule has 2 heterocycles. The molecule has 4 nitrogen and oxygen atoms in total. The summed E-state index contributed by atoms with van der Waals surface area (Å²) in [6, 6.07) is 2.24. The minimum absolute atomic E-state index is 0.0816. The van der Waals surface area contributed by atoms with Crippen LogP contribution in [0, 0.1) is 11.8 Å². The van der Waals surface area contributed by atoms with Gasteiger partial charge in [0.2, 0.25) is 5.91 Å². The summed E-state index contributed by atoms with van der Waals surface area (Å²) >= 11 is 1.51. The molecule has 2 amide bonds. The van der Waals surface area contributed by atoms with Gasteiger partial charge in [0.05, 0.1) is 0 Å². The molecule has 5 heteroatoms. The Morgan fingerprint density at radius 3 is 2.91 bits per heavy atom. The van der Waals surface area contributed by atoms with E-state index < -0.39 is 0 Å². The molecule has 0 aromatic carbocycles. The normalized spacial score (nSPS) is 27.3. The van der Waals surface area contributed by atoms with Gasteiger partial charge in [-0.05, 0) is 42.5 Å². The van der Waals surface area contributed by atoms with Crippen LogP contribution in [0.2, 0.25) is 0 Å². The van der Waals surface area contributed by atoms with Gasteiger partial charge in [0, 0.05) is 36.5 Å². The summed E-state index contributed by atoms with van der Waals surface area (Å²) in [4.78, 5) is 26.6. The molecule has 3 atom stereocenters. The molecule has 0 spiro atoms. The zero-order chi connectivity index (χ0) is 16.2. The van der Waals surface area contributed by atoms with Gasteiger partial charge in [0.1, 0.15) is 0 Å². The van der Waals surface area contributed by atoms with E-state index in [1.54, 1.807) is 6.07 Å². The number of carbonyl (C=O) groups is 2. The average Bonchev–Trinajstić information content (AvgIpc) is 3.10. The lowest BCUT2D eigenvalue weighted by Crippen LogP contribution is -2.52. The third-order valence-corrected chi connectivity index (χ3v) is 6.15. The van der Waals surface area contributed by atoms with Crippen LogP contribution in [0.3, 0.4) is 0 Å². The number of thiophene rings is 1. The molecule has 1 saturated heterocycles. The number of hydrogen-bond acceptors (Lipinski definition) is 3.